The van der Waals surface area contributed by atoms with Crippen LogP contribution < -0.4 is 5.32 Å². The molecule has 114 valence electrons. The molecule has 0 atom stereocenters. The molecule has 0 heterocycles. The molecule has 1 amide bonds. The molecule has 0 fully saturated rings. The Morgan fingerprint density at radius 3 is 2.36 bits per heavy atom. The van der Waals surface area contributed by atoms with Gasteiger partial charge in [-0.2, -0.15) is 0 Å². The first-order valence-electron chi connectivity index (χ1n) is 6.64. The number of hydrogen-bond acceptors (Lipinski definition) is 4. The van der Waals surface area contributed by atoms with Crippen LogP contribution in [-0.4, -0.2) is 17.1 Å². The number of nitro groups is 1. The Bertz CT molecular complexity index is 724. The van der Waals surface area contributed by atoms with Crippen LogP contribution in [0.5, 0.6) is 0 Å². The lowest BCUT2D eigenvalue weighted by Crippen LogP contribution is -2.15. The van der Waals surface area contributed by atoms with Crippen molar-refractivity contribution >= 4 is 29.0 Å². The van der Waals surface area contributed by atoms with E-state index in [9.17, 15) is 14.9 Å². The fourth-order valence-corrected chi connectivity index (χ4v) is 2.62. The molecule has 0 aromatic heterocycles. The third-order valence-electron chi connectivity index (χ3n) is 3.36. The van der Waals surface area contributed by atoms with Crippen molar-refractivity contribution in [1.82, 2.24) is 0 Å². The standard InChI is InChI=1S/C16H16N2O3S/c1-10-5-4-6-11(2)15(10)17-16(19)13-9-12(22-3)7-8-14(13)18(20)21/h4-9H,1-3H3,(H,17,19). The quantitative estimate of drug-likeness (QED) is 0.521. The normalized spacial score (nSPS) is 10.3. The zero-order chi connectivity index (χ0) is 16.3. The highest BCUT2D eigenvalue weighted by Crippen LogP contribution is 2.27. The molecule has 2 aromatic rings. The maximum atomic E-state index is 12.5. The van der Waals surface area contributed by atoms with Crippen molar-refractivity contribution in [3.8, 4) is 0 Å². The van der Waals surface area contributed by atoms with Gasteiger partial charge in [0.2, 0.25) is 0 Å². The molecule has 0 aliphatic heterocycles. The van der Waals surface area contributed by atoms with Crippen LogP contribution in [0, 0.1) is 24.0 Å². The molecule has 0 unspecified atom stereocenters. The monoisotopic (exact) mass is 316 g/mol. The molecule has 22 heavy (non-hydrogen) atoms. The zero-order valence-electron chi connectivity index (χ0n) is 12.5. The summed E-state index contributed by atoms with van der Waals surface area (Å²) in [5, 5.41) is 13.9. The summed E-state index contributed by atoms with van der Waals surface area (Å²) in [6.45, 7) is 3.77. The number of nitro benzene ring substituents is 1. The second kappa shape index (κ2) is 6.62. The third-order valence-corrected chi connectivity index (χ3v) is 4.09. The summed E-state index contributed by atoms with van der Waals surface area (Å²) < 4.78 is 0. The maximum absolute atomic E-state index is 12.5. The van der Waals surface area contributed by atoms with E-state index in [-0.39, 0.29) is 11.3 Å². The number of aryl methyl sites for hydroxylation is 2. The van der Waals surface area contributed by atoms with Crippen LogP contribution in [0.15, 0.2) is 41.3 Å². The van der Waals surface area contributed by atoms with Gasteiger partial charge in [0.15, 0.2) is 0 Å². The summed E-state index contributed by atoms with van der Waals surface area (Å²) in [5.41, 5.74) is 2.39. The highest BCUT2D eigenvalue weighted by Gasteiger charge is 2.21. The fraction of sp³-hybridized carbons (Fsp3) is 0.188. The number of rotatable bonds is 4. The van der Waals surface area contributed by atoms with E-state index in [1.807, 2.05) is 38.3 Å². The molecule has 0 bridgehead atoms. The summed E-state index contributed by atoms with van der Waals surface area (Å²) in [6.07, 6.45) is 1.86. The van der Waals surface area contributed by atoms with Crippen molar-refractivity contribution in [2.45, 2.75) is 18.7 Å². The minimum absolute atomic E-state index is 0.0690. The number of thioether (sulfide) groups is 1. The van der Waals surface area contributed by atoms with Gasteiger partial charge in [0.05, 0.1) is 4.92 Å². The number of para-hydroxylation sites is 1. The Hall–Kier alpha value is -2.34. The predicted octanol–water partition coefficient (Wildman–Crippen LogP) is 4.19. The number of amides is 1. The van der Waals surface area contributed by atoms with Crippen LogP contribution in [0.25, 0.3) is 0 Å². The van der Waals surface area contributed by atoms with E-state index >= 15 is 0 Å². The van der Waals surface area contributed by atoms with Crippen LogP contribution in [-0.2, 0) is 0 Å². The molecular formula is C16H16N2O3S. The average molecular weight is 316 g/mol. The van der Waals surface area contributed by atoms with Crippen LogP contribution >= 0.6 is 11.8 Å². The van der Waals surface area contributed by atoms with Crippen molar-refractivity contribution in [3.05, 3.63) is 63.2 Å². The molecule has 5 nitrogen and oxygen atoms in total. The van der Waals surface area contributed by atoms with E-state index in [2.05, 4.69) is 5.32 Å². The lowest BCUT2D eigenvalue weighted by Gasteiger charge is -2.12. The molecule has 1 N–H and O–H groups in total. The Kier molecular flexibility index (Phi) is 4.82. The van der Waals surface area contributed by atoms with Gasteiger partial charge in [0.1, 0.15) is 5.56 Å². The molecule has 0 spiro atoms. The smallest absolute Gasteiger partial charge is 0.282 e. The topological polar surface area (TPSA) is 72.2 Å². The number of anilines is 1. The van der Waals surface area contributed by atoms with Gasteiger partial charge in [-0.25, -0.2) is 0 Å². The second-order valence-corrected chi connectivity index (χ2v) is 5.74. The zero-order valence-corrected chi connectivity index (χ0v) is 13.4. The van der Waals surface area contributed by atoms with Gasteiger partial charge in [-0.1, -0.05) is 18.2 Å². The van der Waals surface area contributed by atoms with Crippen molar-refractivity contribution in [3.63, 3.8) is 0 Å². The number of carbonyl (C=O) groups excluding carboxylic acids is 1. The molecule has 0 aliphatic rings. The Morgan fingerprint density at radius 2 is 1.82 bits per heavy atom. The maximum Gasteiger partial charge on any atom is 0.282 e. The largest absolute Gasteiger partial charge is 0.321 e. The Labute approximate surface area is 132 Å². The highest BCUT2D eigenvalue weighted by atomic mass is 32.2. The molecule has 6 heteroatoms. The van der Waals surface area contributed by atoms with Crippen LogP contribution in [0.3, 0.4) is 0 Å². The van der Waals surface area contributed by atoms with Crippen molar-refractivity contribution < 1.29 is 9.72 Å². The van der Waals surface area contributed by atoms with Gasteiger partial charge in [-0.05, 0) is 43.4 Å². The van der Waals surface area contributed by atoms with Gasteiger partial charge in [-0.3, -0.25) is 14.9 Å². The van der Waals surface area contributed by atoms with E-state index in [4.69, 9.17) is 0 Å². The van der Waals surface area contributed by atoms with E-state index in [1.165, 1.54) is 17.8 Å². The molecule has 0 saturated heterocycles. The van der Waals surface area contributed by atoms with Gasteiger partial charge in [0, 0.05) is 16.6 Å². The first-order chi connectivity index (χ1) is 10.4. The minimum Gasteiger partial charge on any atom is -0.321 e. The summed E-state index contributed by atoms with van der Waals surface area (Å²) in [4.78, 5) is 23.9. The molecule has 0 aliphatic carbocycles. The summed E-state index contributed by atoms with van der Waals surface area (Å²) >= 11 is 1.43. The van der Waals surface area contributed by atoms with E-state index in [1.54, 1.807) is 12.1 Å². The Morgan fingerprint density at radius 1 is 1.18 bits per heavy atom. The first kappa shape index (κ1) is 16.0. The van der Waals surface area contributed by atoms with E-state index < -0.39 is 10.8 Å². The second-order valence-electron chi connectivity index (χ2n) is 4.86. The van der Waals surface area contributed by atoms with Crippen LogP contribution in [0.1, 0.15) is 21.5 Å². The Balaban J connectivity index is 2.43. The summed E-state index contributed by atoms with van der Waals surface area (Å²) in [6, 6.07) is 10.2. The lowest BCUT2D eigenvalue weighted by atomic mass is 10.1. The molecule has 0 saturated carbocycles. The van der Waals surface area contributed by atoms with Crippen molar-refractivity contribution in [1.29, 1.82) is 0 Å². The minimum atomic E-state index is -0.538. The van der Waals surface area contributed by atoms with Gasteiger partial charge in [0.25, 0.3) is 11.6 Å². The number of benzene rings is 2. The van der Waals surface area contributed by atoms with E-state index in [0.29, 0.717) is 5.69 Å². The lowest BCUT2D eigenvalue weighted by molar-refractivity contribution is -0.385. The molecule has 0 radical (unpaired) electrons. The number of hydrogen-bond donors (Lipinski definition) is 1. The molecule has 2 aromatic carbocycles. The third kappa shape index (κ3) is 3.28. The van der Waals surface area contributed by atoms with Gasteiger partial charge in [-0.15, -0.1) is 11.8 Å². The van der Waals surface area contributed by atoms with E-state index in [0.717, 1.165) is 16.0 Å². The number of nitrogens with one attached hydrogen (secondary N) is 1. The van der Waals surface area contributed by atoms with Crippen LogP contribution in [0.4, 0.5) is 11.4 Å². The number of nitrogens with zero attached hydrogens (tertiary/aromatic N) is 1. The highest BCUT2D eigenvalue weighted by molar-refractivity contribution is 7.98. The molecular weight excluding hydrogens is 300 g/mol. The SMILES string of the molecule is CSc1ccc([N+](=O)[O-])c(C(=O)Nc2c(C)cccc2C)c1. The van der Waals surface area contributed by atoms with Crippen molar-refractivity contribution in [2.24, 2.45) is 0 Å². The van der Waals surface area contributed by atoms with Gasteiger partial charge < -0.3 is 5.32 Å². The fourth-order valence-electron chi connectivity index (χ4n) is 2.18. The molecule has 2 rings (SSSR count). The summed E-state index contributed by atoms with van der Waals surface area (Å²) in [7, 11) is 0. The van der Waals surface area contributed by atoms with Crippen molar-refractivity contribution in [2.75, 3.05) is 11.6 Å². The predicted molar refractivity (Wildman–Crippen MR) is 88.7 cm³/mol. The van der Waals surface area contributed by atoms with Gasteiger partial charge >= 0.3 is 0 Å². The number of carbonyl (C=O) groups is 1. The van der Waals surface area contributed by atoms with Crippen LogP contribution in [0.2, 0.25) is 0 Å². The average Bonchev–Trinajstić information content (AvgIpc) is 2.50. The first-order valence-corrected chi connectivity index (χ1v) is 7.86. The summed E-state index contributed by atoms with van der Waals surface area (Å²) in [5.74, 6) is -0.472.